The number of aryl methyl sites for hydroxylation is 1. The van der Waals surface area contributed by atoms with E-state index in [1.807, 2.05) is 30.3 Å². The maximum absolute atomic E-state index is 12.6. The van der Waals surface area contributed by atoms with Gasteiger partial charge in [-0.15, -0.1) is 0 Å². The molecule has 1 aliphatic carbocycles. The first-order valence-electron chi connectivity index (χ1n) is 11.8. The van der Waals surface area contributed by atoms with Crippen molar-refractivity contribution >= 4 is 17.7 Å². The van der Waals surface area contributed by atoms with Gasteiger partial charge in [0, 0.05) is 24.4 Å². The first-order valence-corrected chi connectivity index (χ1v) is 11.8. The van der Waals surface area contributed by atoms with Crippen molar-refractivity contribution in [2.75, 3.05) is 0 Å². The number of nitrogens with one attached hydrogen (secondary N) is 2. The second-order valence-corrected chi connectivity index (χ2v) is 8.68. The van der Waals surface area contributed by atoms with Crippen LogP contribution >= 0.6 is 0 Å². The van der Waals surface area contributed by atoms with Crippen LogP contribution in [0.4, 0.5) is 0 Å². The van der Waals surface area contributed by atoms with Crippen LogP contribution in [0.5, 0.6) is 0 Å². The number of ether oxygens (including phenoxy) is 1. The number of amides is 1. The molecule has 0 bridgehead atoms. The third-order valence-electron chi connectivity index (χ3n) is 6.03. The van der Waals surface area contributed by atoms with E-state index in [0.717, 1.165) is 56.1 Å². The van der Waals surface area contributed by atoms with E-state index in [-0.39, 0.29) is 30.2 Å². The van der Waals surface area contributed by atoms with Gasteiger partial charge in [-0.25, -0.2) is 0 Å². The molecule has 176 valence electrons. The summed E-state index contributed by atoms with van der Waals surface area (Å²) in [5, 5.41) is 10.4. The van der Waals surface area contributed by atoms with Gasteiger partial charge in [0.25, 0.3) is 0 Å². The van der Waals surface area contributed by atoms with Gasteiger partial charge in [0.2, 0.25) is 5.91 Å². The summed E-state index contributed by atoms with van der Waals surface area (Å²) in [6, 6.07) is 10.8. The minimum Gasteiger partial charge on any atom is -0.462 e. The number of carbonyl (C=O) groups excluding carboxylic acids is 2. The van der Waals surface area contributed by atoms with Crippen LogP contribution in [-0.2, 0) is 20.7 Å². The molecule has 0 spiro atoms. The Bertz CT molecular complexity index is 909. The van der Waals surface area contributed by atoms with Gasteiger partial charge in [-0.3, -0.25) is 20.0 Å². The fourth-order valence-electron chi connectivity index (χ4n) is 4.15. The van der Waals surface area contributed by atoms with Gasteiger partial charge < -0.3 is 15.8 Å². The van der Waals surface area contributed by atoms with Gasteiger partial charge in [-0.05, 0) is 62.1 Å². The summed E-state index contributed by atoms with van der Waals surface area (Å²) >= 11 is 0. The Morgan fingerprint density at radius 2 is 1.88 bits per heavy atom. The van der Waals surface area contributed by atoms with E-state index in [2.05, 4.69) is 10.3 Å². The number of aromatic nitrogens is 1. The van der Waals surface area contributed by atoms with Crippen LogP contribution in [0, 0.1) is 5.41 Å². The number of nitrogen functional groups attached to an aromatic ring is 1. The van der Waals surface area contributed by atoms with Gasteiger partial charge >= 0.3 is 5.97 Å². The number of pyridine rings is 1. The predicted octanol–water partition coefficient (Wildman–Crippen LogP) is 4.20. The smallest absolute Gasteiger partial charge is 0.308 e. The highest BCUT2D eigenvalue weighted by molar-refractivity contribution is 5.94. The average Bonchev–Trinajstić information content (AvgIpc) is 2.83. The highest BCUT2D eigenvalue weighted by Crippen LogP contribution is 2.23. The normalized spacial score (nSPS) is 14.9. The Morgan fingerprint density at radius 1 is 1.12 bits per heavy atom. The van der Waals surface area contributed by atoms with Crippen molar-refractivity contribution in [3.63, 3.8) is 0 Å². The third kappa shape index (κ3) is 8.33. The fraction of sp³-hybridized carbons (Fsp3) is 0.462. The highest BCUT2D eigenvalue weighted by Gasteiger charge is 2.23. The molecule has 1 saturated carbocycles. The standard InChI is InChI=1S/C26H34N4O3/c27-26(28)20-14-12-19(13-15-20)7-4-5-11-24(31)30-23(21-8-6-16-29-18-21)17-25(32)33-22-9-2-1-3-10-22/h6,8,12-16,18,22-23H,1-5,7,9-11,17H2,(H3,27,28)(H,30,31). The lowest BCUT2D eigenvalue weighted by Crippen LogP contribution is -2.31. The molecule has 1 aliphatic rings. The molecule has 33 heavy (non-hydrogen) atoms. The molecular weight excluding hydrogens is 416 g/mol. The van der Waals surface area contributed by atoms with E-state index in [9.17, 15) is 9.59 Å². The molecule has 1 unspecified atom stereocenters. The first-order chi connectivity index (χ1) is 16.0. The molecule has 7 nitrogen and oxygen atoms in total. The topological polar surface area (TPSA) is 118 Å². The van der Waals surface area contributed by atoms with E-state index in [0.29, 0.717) is 12.0 Å². The van der Waals surface area contributed by atoms with Crippen LogP contribution < -0.4 is 11.1 Å². The van der Waals surface area contributed by atoms with Gasteiger partial charge in [-0.1, -0.05) is 36.8 Å². The molecule has 4 N–H and O–H groups in total. The summed E-state index contributed by atoms with van der Waals surface area (Å²) < 4.78 is 5.66. The molecular formula is C26H34N4O3. The number of carbonyl (C=O) groups is 2. The van der Waals surface area contributed by atoms with Crippen LogP contribution in [0.1, 0.15) is 80.5 Å². The average molecular weight is 451 g/mol. The van der Waals surface area contributed by atoms with Gasteiger partial charge in [0.15, 0.2) is 0 Å². The molecule has 1 amide bonds. The lowest BCUT2D eigenvalue weighted by Gasteiger charge is -2.24. The van der Waals surface area contributed by atoms with Crippen molar-refractivity contribution in [2.24, 2.45) is 5.73 Å². The zero-order valence-corrected chi connectivity index (χ0v) is 19.1. The number of nitrogens with zero attached hydrogens (tertiary/aromatic N) is 1. The first kappa shape index (κ1) is 24.4. The van der Waals surface area contributed by atoms with Gasteiger partial charge in [0.1, 0.15) is 11.9 Å². The monoisotopic (exact) mass is 450 g/mol. The number of esters is 1. The third-order valence-corrected chi connectivity index (χ3v) is 6.03. The molecule has 1 fully saturated rings. The van der Waals surface area contributed by atoms with Crippen molar-refractivity contribution in [3.8, 4) is 0 Å². The highest BCUT2D eigenvalue weighted by atomic mass is 16.5. The predicted molar refractivity (Wildman–Crippen MR) is 128 cm³/mol. The lowest BCUT2D eigenvalue weighted by molar-refractivity contribution is -0.151. The Labute approximate surface area is 195 Å². The number of hydrogen-bond donors (Lipinski definition) is 3. The Hall–Kier alpha value is -3.22. The molecule has 0 aliphatic heterocycles. The number of benzene rings is 1. The number of nitrogens with two attached hydrogens (primary N) is 1. The summed E-state index contributed by atoms with van der Waals surface area (Å²) in [6.45, 7) is 0. The van der Waals surface area contributed by atoms with Crippen LogP contribution in [0.2, 0.25) is 0 Å². The molecule has 2 aromatic rings. The maximum Gasteiger partial charge on any atom is 0.308 e. The SMILES string of the molecule is N=C(N)c1ccc(CCCCC(=O)NC(CC(=O)OC2CCCCC2)c2cccnc2)cc1. The summed E-state index contributed by atoms with van der Waals surface area (Å²) in [4.78, 5) is 29.3. The Balaban J connectivity index is 1.46. The molecule has 1 aromatic heterocycles. The zero-order valence-electron chi connectivity index (χ0n) is 19.1. The fourth-order valence-corrected chi connectivity index (χ4v) is 4.15. The van der Waals surface area contributed by atoms with Crippen molar-refractivity contribution < 1.29 is 14.3 Å². The molecule has 0 saturated heterocycles. The Kier molecular flexibility index (Phi) is 9.42. The van der Waals surface area contributed by atoms with E-state index in [1.54, 1.807) is 18.5 Å². The lowest BCUT2D eigenvalue weighted by atomic mass is 9.97. The molecule has 7 heteroatoms. The number of rotatable bonds is 11. The van der Waals surface area contributed by atoms with Crippen LogP contribution in [-0.4, -0.2) is 28.8 Å². The summed E-state index contributed by atoms with van der Waals surface area (Å²) in [5.74, 6) is -0.296. The molecule has 1 aromatic carbocycles. The number of amidine groups is 1. The van der Waals surface area contributed by atoms with E-state index in [1.165, 1.54) is 6.42 Å². The largest absolute Gasteiger partial charge is 0.462 e. The van der Waals surface area contributed by atoms with Gasteiger partial charge in [-0.2, -0.15) is 0 Å². The Morgan fingerprint density at radius 3 is 2.55 bits per heavy atom. The maximum atomic E-state index is 12.6. The summed E-state index contributed by atoms with van der Waals surface area (Å²) in [5.41, 5.74) is 8.15. The van der Waals surface area contributed by atoms with Gasteiger partial charge in [0.05, 0.1) is 12.5 Å². The van der Waals surface area contributed by atoms with Crippen molar-refractivity contribution in [3.05, 3.63) is 65.5 Å². The van der Waals surface area contributed by atoms with Crippen LogP contribution in [0.15, 0.2) is 48.8 Å². The van der Waals surface area contributed by atoms with E-state index in [4.69, 9.17) is 15.9 Å². The molecule has 0 radical (unpaired) electrons. The van der Waals surface area contributed by atoms with Crippen LogP contribution in [0.25, 0.3) is 0 Å². The van der Waals surface area contributed by atoms with E-state index < -0.39 is 6.04 Å². The van der Waals surface area contributed by atoms with Crippen molar-refractivity contribution in [1.82, 2.24) is 10.3 Å². The minimum absolute atomic E-state index is 0.000937. The number of hydrogen-bond acceptors (Lipinski definition) is 5. The zero-order chi connectivity index (χ0) is 23.5. The summed E-state index contributed by atoms with van der Waals surface area (Å²) in [6.07, 6.45) is 11.6. The molecule has 3 rings (SSSR count). The van der Waals surface area contributed by atoms with Crippen LogP contribution in [0.3, 0.4) is 0 Å². The molecule has 1 heterocycles. The molecule has 1 atom stereocenters. The minimum atomic E-state index is -0.443. The number of unbranched alkanes of at least 4 members (excludes halogenated alkanes) is 1. The second-order valence-electron chi connectivity index (χ2n) is 8.68. The van der Waals surface area contributed by atoms with Crippen molar-refractivity contribution in [2.45, 2.75) is 76.4 Å². The quantitative estimate of drug-likeness (QED) is 0.205. The summed E-state index contributed by atoms with van der Waals surface area (Å²) in [7, 11) is 0. The van der Waals surface area contributed by atoms with E-state index >= 15 is 0 Å². The second kappa shape index (κ2) is 12.7. The van der Waals surface area contributed by atoms with Crippen molar-refractivity contribution in [1.29, 1.82) is 5.41 Å².